The highest BCUT2D eigenvalue weighted by Crippen LogP contribution is 2.33. The molecule has 142 valence electrons. The Morgan fingerprint density at radius 2 is 1.93 bits per heavy atom. The van der Waals surface area contributed by atoms with Gasteiger partial charge in [-0.05, 0) is 42.8 Å². The highest BCUT2D eigenvalue weighted by Gasteiger charge is 2.20. The molecule has 0 heterocycles. The van der Waals surface area contributed by atoms with Gasteiger partial charge in [-0.15, -0.1) is 0 Å². The lowest BCUT2D eigenvalue weighted by Gasteiger charge is -2.19. The molecule has 4 N–H and O–H groups in total. The fourth-order valence-electron chi connectivity index (χ4n) is 2.27. The minimum atomic E-state index is -1.06. The van der Waals surface area contributed by atoms with Gasteiger partial charge >= 0.3 is 0 Å². The van der Waals surface area contributed by atoms with Crippen LogP contribution in [-0.2, 0) is 4.79 Å². The van der Waals surface area contributed by atoms with Crippen LogP contribution in [0.2, 0.25) is 5.02 Å². The first-order valence-electron chi connectivity index (χ1n) is 8.05. The molecule has 0 aliphatic rings. The van der Waals surface area contributed by atoms with Gasteiger partial charge in [-0.25, -0.2) is 4.85 Å². The van der Waals surface area contributed by atoms with Crippen molar-refractivity contribution >= 4 is 34.8 Å². The minimum absolute atomic E-state index is 0.255. The van der Waals surface area contributed by atoms with E-state index in [9.17, 15) is 14.7 Å². The summed E-state index contributed by atoms with van der Waals surface area (Å²) in [6.07, 6.45) is 0. The number of hydrazine groups is 1. The maximum Gasteiger partial charge on any atom is 0.269 e. The molecule has 2 rings (SSSR count). The SMILES string of the molecule is [C-]#[N+]c1ccc(N[C@H](CO)C(=O)NNC(=O)c2ccc(C#N)cc2)c(C)c1Cl. The van der Waals surface area contributed by atoms with Crippen molar-refractivity contribution in [2.75, 3.05) is 11.9 Å². The topological polar surface area (TPSA) is 119 Å². The molecular formula is C19H16ClN5O3. The van der Waals surface area contributed by atoms with E-state index in [1.807, 2.05) is 6.07 Å². The van der Waals surface area contributed by atoms with Crippen LogP contribution < -0.4 is 16.2 Å². The van der Waals surface area contributed by atoms with Gasteiger partial charge in [0.1, 0.15) is 6.04 Å². The van der Waals surface area contributed by atoms with Crippen LogP contribution in [0.25, 0.3) is 4.85 Å². The average Bonchev–Trinajstić information content (AvgIpc) is 2.73. The molecule has 0 radical (unpaired) electrons. The lowest BCUT2D eigenvalue weighted by molar-refractivity contribution is -0.123. The monoisotopic (exact) mass is 397 g/mol. The number of aliphatic hydroxyl groups is 1. The maximum atomic E-state index is 12.3. The summed E-state index contributed by atoms with van der Waals surface area (Å²) in [5.41, 5.74) is 6.45. The number of rotatable bonds is 5. The van der Waals surface area contributed by atoms with E-state index in [0.717, 1.165) is 0 Å². The molecule has 2 aromatic carbocycles. The van der Waals surface area contributed by atoms with E-state index in [1.165, 1.54) is 30.3 Å². The van der Waals surface area contributed by atoms with Crippen LogP contribution in [0.3, 0.4) is 0 Å². The minimum Gasteiger partial charge on any atom is -0.394 e. The summed E-state index contributed by atoms with van der Waals surface area (Å²) >= 11 is 6.10. The molecular weight excluding hydrogens is 382 g/mol. The summed E-state index contributed by atoms with van der Waals surface area (Å²) in [6, 6.07) is 9.83. The van der Waals surface area contributed by atoms with Gasteiger partial charge in [0.2, 0.25) is 5.69 Å². The first kappa shape index (κ1) is 20.7. The van der Waals surface area contributed by atoms with Crippen molar-refractivity contribution in [1.82, 2.24) is 10.9 Å². The van der Waals surface area contributed by atoms with Gasteiger partial charge in [-0.1, -0.05) is 17.7 Å². The first-order chi connectivity index (χ1) is 13.4. The largest absolute Gasteiger partial charge is 0.394 e. The molecule has 2 amide bonds. The highest BCUT2D eigenvalue weighted by atomic mass is 35.5. The number of nitriles is 1. The summed E-state index contributed by atoms with van der Waals surface area (Å²) in [5, 5.41) is 21.4. The van der Waals surface area contributed by atoms with Crippen LogP contribution in [0.15, 0.2) is 36.4 Å². The number of hydrogen-bond acceptors (Lipinski definition) is 5. The van der Waals surface area contributed by atoms with Gasteiger partial charge in [0.15, 0.2) is 0 Å². The molecule has 0 unspecified atom stereocenters. The molecule has 0 saturated carbocycles. The number of anilines is 1. The lowest BCUT2D eigenvalue weighted by Crippen LogP contribution is -2.50. The predicted molar refractivity (Wildman–Crippen MR) is 104 cm³/mol. The van der Waals surface area contributed by atoms with Crippen LogP contribution in [-0.4, -0.2) is 29.6 Å². The molecule has 0 fully saturated rings. The quantitative estimate of drug-likeness (QED) is 0.456. The summed E-state index contributed by atoms with van der Waals surface area (Å²) in [5.74, 6) is -1.25. The highest BCUT2D eigenvalue weighted by molar-refractivity contribution is 6.34. The fourth-order valence-corrected chi connectivity index (χ4v) is 2.48. The Bertz CT molecular complexity index is 977. The van der Waals surface area contributed by atoms with Crippen LogP contribution in [0.1, 0.15) is 21.5 Å². The molecule has 28 heavy (non-hydrogen) atoms. The van der Waals surface area contributed by atoms with Gasteiger partial charge < -0.3 is 10.4 Å². The Labute approximate surface area is 166 Å². The Kier molecular flexibility index (Phi) is 6.94. The number of nitrogens with zero attached hydrogens (tertiary/aromatic N) is 2. The zero-order chi connectivity index (χ0) is 20.7. The molecule has 0 aromatic heterocycles. The third-order valence-electron chi connectivity index (χ3n) is 3.89. The van der Waals surface area contributed by atoms with E-state index in [2.05, 4.69) is 21.0 Å². The van der Waals surface area contributed by atoms with Gasteiger partial charge in [0.25, 0.3) is 11.8 Å². The van der Waals surface area contributed by atoms with Crippen LogP contribution in [0.4, 0.5) is 11.4 Å². The lowest BCUT2D eigenvalue weighted by atomic mass is 10.1. The zero-order valence-corrected chi connectivity index (χ0v) is 15.5. The van der Waals surface area contributed by atoms with Crippen molar-refractivity contribution in [3.8, 4) is 6.07 Å². The molecule has 0 saturated heterocycles. The summed E-state index contributed by atoms with van der Waals surface area (Å²) < 4.78 is 0. The number of nitrogens with one attached hydrogen (secondary N) is 3. The number of aliphatic hydroxyl groups excluding tert-OH is 1. The van der Waals surface area contributed by atoms with Crippen molar-refractivity contribution in [2.45, 2.75) is 13.0 Å². The van der Waals surface area contributed by atoms with E-state index in [-0.39, 0.29) is 16.3 Å². The van der Waals surface area contributed by atoms with Gasteiger partial charge in [-0.3, -0.25) is 20.4 Å². The van der Waals surface area contributed by atoms with Crippen LogP contribution >= 0.6 is 11.6 Å². The van der Waals surface area contributed by atoms with Gasteiger partial charge in [-0.2, -0.15) is 5.26 Å². The van der Waals surface area contributed by atoms with E-state index in [4.69, 9.17) is 23.4 Å². The number of carbonyl (C=O) groups is 2. The first-order valence-corrected chi connectivity index (χ1v) is 8.43. The Morgan fingerprint density at radius 1 is 1.25 bits per heavy atom. The van der Waals surface area contributed by atoms with E-state index < -0.39 is 24.5 Å². The second-order valence-corrected chi connectivity index (χ2v) is 6.07. The Morgan fingerprint density at radius 3 is 2.50 bits per heavy atom. The summed E-state index contributed by atoms with van der Waals surface area (Å²) in [4.78, 5) is 27.6. The molecule has 0 bridgehead atoms. The normalized spacial score (nSPS) is 10.9. The van der Waals surface area contributed by atoms with E-state index in [0.29, 0.717) is 16.8 Å². The van der Waals surface area contributed by atoms with Crippen LogP contribution in [0, 0.1) is 24.8 Å². The predicted octanol–water partition coefficient (Wildman–Crippen LogP) is 2.30. The third kappa shape index (κ3) is 4.77. The Balaban J connectivity index is 2.02. The van der Waals surface area contributed by atoms with Crippen molar-refractivity contribution in [2.24, 2.45) is 0 Å². The van der Waals surface area contributed by atoms with Gasteiger partial charge in [0.05, 0.1) is 29.8 Å². The van der Waals surface area contributed by atoms with Gasteiger partial charge in [0, 0.05) is 11.3 Å². The third-order valence-corrected chi connectivity index (χ3v) is 4.37. The smallest absolute Gasteiger partial charge is 0.269 e. The standard InChI is InChI=1S/C19H16ClN5O3/c1-11-14(7-8-15(22-2)17(11)20)23-16(10-26)19(28)25-24-18(27)13-5-3-12(9-21)4-6-13/h3-8,16,23,26H,10H2,1H3,(H,24,27)(H,25,28)/t16-/m1/s1. The maximum absolute atomic E-state index is 12.3. The molecule has 2 aromatic rings. The molecule has 8 nitrogen and oxygen atoms in total. The second kappa shape index (κ2) is 9.38. The summed E-state index contributed by atoms with van der Waals surface area (Å²) in [7, 11) is 0. The number of amides is 2. The molecule has 9 heteroatoms. The van der Waals surface area contributed by atoms with E-state index in [1.54, 1.807) is 13.0 Å². The average molecular weight is 398 g/mol. The van der Waals surface area contributed by atoms with Crippen molar-refractivity contribution in [3.05, 3.63) is 69.5 Å². The zero-order valence-electron chi connectivity index (χ0n) is 14.8. The second-order valence-electron chi connectivity index (χ2n) is 5.70. The molecule has 1 atom stereocenters. The number of carbonyl (C=O) groups excluding carboxylic acids is 2. The molecule has 0 spiro atoms. The fraction of sp³-hybridized carbons (Fsp3) is 0.158. The number of hydrogen-bond donors (Lipinski definition) is 4. The van der Waals surface area contributed by atoms with Crippen molar-refractivity contribution < 1.29 is 14.7 Å². The van der Waals surface area contributed by atoms with E-state index >= 15 is 0 Å². The van der Waals surface area contributed by atoms with Crippen LogP contribution in [0.5, 0.6) is 0 Å². The Hall–Kier alpha value is -3.59. The summed E-state index contributed by atoms with van der Waals surface area (Å²) in [6.45, 7) is 8.18. The molecule has 0 aliphatic carbocycles. The number of benzene rings is 2. The van der Waals surface area contributed by atoms with Crippen molar-refractivity contribution in [1.29, 1.82) is 5.26 Å². The number of halogens is 1. The molecule has 0 aliphatic heterocycles. The van der Waals surface area contributed by atoms with Crippen molar-refractivity contribution in [3.63, 3.8) is 0 Å².